The van der Waals surface area contributed by atoms with Crippen molar-refractivity contribution in [3.8, 4) is 11.5 Å². The third-order valence-electron chi connectivity index (χ3n) is 6.89. The summed E-state index contributed by atoms with van der Waals surface area (Å²) < 4.78 is 32.4. The van der Waals surface area contributed by atoms with E-state index in [1.165, 1.54) is 16.7 Å². The van der Waals surface area contributed by atoms with E-state index >= 15 is 0 Å². The van der Waals surface area contributed by atoms with Crippen molar-refractivity contribution in [2.24, 2.45) is 0 Å². The summed E-state index contributed by atoms with van der Waals surface area (Å²) in [4.78, 5) is 22.2. The summed E-state index contributed by atoms with van der Waals surface area (Å²) in [5.74, 6) is 1.32. The molecule has 3 rings (SSSR count). The summed E-state index contributed by atoms with van der Waals surface area (Å²) in [6.45, 7) is 31.8. The SMILES string of the molecule is C.CCC(=O)OC(C)(C)C.CCOC(C)Oc1ccc(CC)cc1.CCc1ccc(C(=O)OC(C)(C)C)cc1.CCc1ccc(OC(C)OC(C)(C)C)cc1. The monoisotopic (exact) mass is 769 g/mol. The van der Waals surface area contributed by atoms with Crippen molar-refractivity contribution in [1.29, 1.82) is 0 Å². The first-order valence-electron chi connectivity index (χ1n) is 19.4. The predicted octanol–water partition coefficient (Wildman–Crippen LogP) is 12.4. The van der Waals surface area contributed by atoms with Gasteiger partial charge in [0.1, 0.15) is 22.7 Å². The van der Waals surface area contributed by atoms with Gasteiger partial charge in [0.05, 0.1) is 11.2 Å². The first-order valence-corrected chi connectivity index (χ1v) is 19.4. The second kappa shape index (κ2) is 26.8. The lowest BCUT2D eigenvalue weighted by molar-refractivity contribution is -0.154. The van der Waals surface area contributed by atoms with Crippen LogP contribution in [0.5, 0.6) is 11.5 Å². The summed E-state index contributed by atoms with van der Waals surface area (Å²) in [5, 5.41) is 0. The first kappa shape index (κ1) is 53.2. The highest BCUT2D eigenvalue weighted by molar-refractivity contribution is 5.89. The highest BCUT2D eigenvalue weighted by Gasteiger charge is 2.18. The van der Waals surface area contributed by atoms with Crippen molar-refractivity contribution in [2.45, 2.75) is 173 Å². The van der Waals surface area contributed by atoms with Gasteiger partial charge >= 0.3 is 11.9 Å². The van der Waals surface area contributed by atoms with Crippen LogP contribution in [-0.2, 0) is 43.0 Å². The Hall–Kier alpha value is -3.88. The van der Waals surface area contributed by atoms with E-state index in [1.807, 2.05) is 132 Å². The van der Waals surface area contributed by atoms with Crippen LogP contribution in [-0.4, -0.2) is 47.9 Å². The van der Waals surface area contributed by atoms with Gasteiger partial charge in [-0.05, 0) is 155 Å². The fourth-order valence-corrected chi connectivity index (χ4v) is 4.41. The number of benzene rings is 3. The molecule has 0 fully saturated rings. The van der Waals surface area contributed by atoms with Gasteiger partial charge in [-0.1, -0.05) is 71.5 Å². The Morgan fingerprint density at radius 2 is 0.891 bits per heavy atom. The van der Waals surface area contributed by atoms with Crippen LogP contribution in [0.1, 0.15) is 152 Å². The van der Waals surface area contributed by atoms with Gasteiger partial charge in [0.2, 0.25) is 0 Å². The molecular formula is C47H76O8. The Labute approximate surface area is 335 Å². The van der Waals surface area contributed by atoms with Crippen molar-refractivity contribution in [3.63, 3.8) is 0 Å². The van der Waals surface area contributed by atoms with Crippen LogP contribution >= 0.6 is 0 Å². The van der Waals surface area contributed by atoms with Gasteiger partial charge in [0, 0.05) is 13.0 Å². The average Bonchev–Trinajstić information content (AvgIpc) is 3.07. The molecule has 0 bridgehead atoms. The smallest absolute Gasteiger partial charge is 0.338 e. The third-order valence-corrected chi connectivity index (χ3v) is 6.89. The molecule has 0 radical (unpaired) electrons. The van der Waals surface area contributed by atoms with E-state index in [0.29, 0.717) is 18.6 Å². The van der Waals surface area contributed by atoms with Crippen molar-refractivity contribution in [3.05, 3.63) is 95.1 Å². The molecule has 0 aliphatic rings. The van der Waals surface area contributed by atoms with Gasteiger partial charge in [-0.25, -0.2) is 4.79 Å². The summed E-state index contributed by atoms with van der Waals surface area (Å²) in [5.41, 5.74) is 3.54. The first-order chi connectivity index (χ1) is 25.0. The van der Waals surface area contributed by atoms with E-state index in [2.05, 4.69) is 45.0 Å². The van der Waals surface area contributed by atoms with E-state index in [1.54, 1.807) is 6.92 Å². The molecule has 0 aliphatic carbocycles. The van der Waals surface area contributed by atoms with Gasteiger partial charge in [-0.15, -0.1) is 0 Å². The lowest BCUT2D eigenvalue weighted by atomic mass is 10.1. The highest BCUT2D eigenvalue weighted by Crippen LogP contribution is 2.18. The highest BCUT2D eigenvalue weighted by atomic mass is 16.7. The maximum atomic E-state index is 11.6. The molecule has 2 atom stereocenters. The molecule has 0 spiro atoms. The average molecular weight is 769 g/mol. The second-order valence-electron chi connectivity index (χ2n) is 15.5. The lowest BCUT2D eigenvalue weighted by Crippen LogP contribution is -2.29. The Balaban J connectivity index is 0. The third kappa shape index (κ3) is 28.2. The van der Waals surface area contributed by atoms with Crippen LogP contribution in [0.15, 0.2) is 72.8 Å². The van der Waals surface area contributed by atoms with Gasteiger partial charge < -0.3 is 28.4 Å². The quantitative estimate of drug-likeness (QED) is 0.133. The predicted molar refractivity (Wildman–Crippen MR) is 228 cm³/mol. The van der Waals surface area contributed by atoms with Crippen molar-refractivity contribution in [2.75, 3.05) is 6.61 Å². The summed E-state index contributed by atoms with van der Waals surface area (Å²) in [6, 6.07) is 23.8. The van der Waals surface area contributed by atoms with Crippen LogP contribution in [0.3, 0.4) is 0 Å². The van der Waals surface area contributed by atoms with E-state index in [0.717, 1.165) is 30.8 Å². The number of rotatable bonds is 12. The van der Waals surface area contributed by atoms with Crippen LogP contribution in [0.2, 0.25) is 0 Å². The maximum Gasteiger partial charge on any atom is 0.338 e. The molecule has 0 N–H and O–H groups in total. The van der Waals surface area contributed by atoms with Gasteiger partial charge in [0.25, 0.3) is 0 Å². The van der Waals surface area contributed by atoms with Crippen LogP contribution in [0, 0.1) is 0 Å². The Morgan fingerprint density at radius 1 is 0.527 bits per heavy atom. The van der Waals surface area contributed by atoms with Crippen molar-refractivity contribution >= 4 is 11.9 Å². The molecule has 0 saturated carbocycles. The topological polar surface area (TPSA) is 89.5 Å². The largest absolute Gasteiger partial charge is 0.465 e. The Kier molecular flexibility index (Phi) is 26.0. The molecule has 0 heterocycles. The molecule has 8 heteroatoms. The number of hydrogen-bond donors (Lipinski definition) is 0. The minimum atomic E-state index is -0.430. The van der Waals surface area contributed by atoms with E-state index in [4.69, 9.17) is 28.4 Å². The standard InChI is InChI=1S/C14H22O2.C13H18O2.C12H18O2.C7H14O2.CH4/c1-6-12-7-9-13(10-8-12)15-11(2)16-14(3,4)5;1-5-10-6-8-11(9-7-10)12(14)15-13(2,3)4;1-4-11-6-8-12(9-7-11)14-10(3)13-5-2;1-5-6(8)9-7(2,3)4;/h7-11H,6H2,1-5H3;6-9H,5H2,1-4H3;6-10H,4-5H2,1-3H3;5H2,1-4H3;1H4. The summed E-state index contributed by atoms with van der Waals surface area (Å²) in [6.07, 6.45) is 3.14. The maximum absolute atomic E-state index is 11.6. The molecule has 0 saturated heterocycles. The zero-order valence-corrected chi connectivity index (χ0v) is 36.4. The normalized spacial score (nSPS) is 12.0. The van der Waals surface area contributed by atoms with Crippen molar-refractivity contribution in [1.82, 2.24) is 0 Å². The molecule has 8 nitrogen and oxygen atoms in total. The van der Waals surface area contributed by atoms with Gasteiger partial charge in [-0.2, -0.15) is 0 Å². The van der Waals surface area contributed by atoms with Gasteiger partial charge in [0.15, 0.2) is 12.6 Å². The van der Waals surface area contributed by atoms with Crippen LogP contribution < -0.4 is 9.47 Å². The number of esters is 2. The Morgan fingerprint density at radius 3 is 1.18 bits per heavy atom. The number of carbonyl (C=O) groups is 2. The lowest BCUT2D eigenvalue weighted by Gasteiger charge is -2.25. The molecule has 0 aliphatic heterocycles. The molecule has 55 heavy (non-hydrogen) atoms. The van der Waals surface area contributed by atoms with E-state index in [-0.39, 0.29) is 43.1 Å². The summed E-state index contributed by atoms with van der Waals surface area (Å²) in [7, 11) is 0. The fraction of sp³-hybridized carbons (Fsp3) is 0.574. The van der Waals surface area contributed by atoms with Crippen LogP contribution in [0.4, 0.5) is 0 Å². The molecule has 3 aromatic rings. The van der Waals surface area contributed by atoms with Crippen molar-refractivity contribution < 1.29 is 38.0 Å². The number of aryl methyl sites for hydroxylation is 3. The van der Waals surface area contributed by atoms with E-state index in [9.17, 15) is 9.59 Å². The fourth-order valence-electron chi connectivity index (χ4n) is 4.41. The second-order valence-corrected chi connectivity index (χ2v) is 15.5. The molecular weight excluding hydrogens is 693 g/mol. The zero-order chi connectivity index (χ0) is 41.5. The van der Waals surface area contributed by atoms with Crippen LogP contribution in [0.25, 0.3) is 0 Å². The molecule has 0 amide bonds. The minimum absolute atomic E-state index is 0. The Bertz CT molecular complexity index is 1430. The number of carbonyl (C=O) groups excluding carboxylic acids is 2. The molecule has 2 unspecified atom stereocenters. The zero-order valence-electron chi connectivity index (χ0n) is 36.4. The van der Waals surface area contributed by atoms with Gasteiger partial charge in [-0.3, -0.25) is 4.79 Å². The molecule has 312 valence electrons. The number of hydrogen-bond acceptors (Lipinski definition) is 8. The molecule has 3 aromatic carbocycles. The molecule has 0 aromatic heterocycles. The summed E-state index contributed by atoms with van der Waals surface area (Å²) >= 11 is 0. The number of ether oxygens (including phenoxy) is 6. The minimum Gasteiger partial charge on any atom is -0.465 e. The van der Waals surface area contributed by atoms with E-state index < -0.39 is 5.60 Å².